The molecule has 0 aliphatic rings. The minimum Gasteiger partial charge on any atom is -0.432 e. The number of ether oxygens (including phenoxy) is 1. The molecule has 0 saturated carbocycles. The lowest BCUT2D eigenvalue weighted by molar-refractivity contribution is -0.385. The summed E-state index contributed by atoms with van der Waals surface area (Å²) in [6.45, 7) is 0. The highest BCUT2D eigenvalue weighted by atomic mass is 16.6. The Labute approximate surface area is 103 Å². The minimum absolute atomic E-state index is 0.0661. The molecule has 1 N–H and O–H groups in total. The number of nitrogens with zero attached hydrogens (tertiary/aromatic N) is 1. The Hall–Kier alpha value is -2.69. The summed E-state index contributed by atoms with van der Waals surface area (Å²) >= 11 is 0. The second kappa shape index (κ2) is 5.09. The van der Waals surface area contributed by atoms with Crippen molar-refractivity contribution in [1.82, 2.24) is 0 Å². The van der Waals surface area contributed by atoms with Gasteiger partial charge < -0.3 is 4.74 Å². The summed E-state index contributed by atoms with van der Waals surface area (Å²) in [5.41, 5.74) is 0.411. The zero-order valence-electron chi connectivity index (χ0n) is 9.37. The molecule has 0 spiro atoms. The highest BCUT2D eigenvalue weighted by Crippen LogP contribution is 2.26. The summed E-state index contributed by atoms with van der Waals surface area (Å²) in [6, 6.07) is 14.8. The summed E-state index contributed by atoms with van der Waals surface area (Å²) in [5, 5.41) is 18.6. The maximum absolute atomic E-state index is 10.8. The quantitative estimate of drug-likeness (QED) is 0.389. The van der Waals surface area contributed by atoms with Crippen LogP contribution in [0.15, 0.2) is 54.6 Å². The van der Waals surface area contributed by atoms with E-state index in [1.54, 1.807) is 36.4 Å². The number of nitrogens with one attached hydrogen (secondary N) is 1. The standard InChI is InChI=1S/C13H10N2O3/c14-13(10-6-2-1-3-7-10)18-12-9-5-4-8-11(12)15(16)17/h1-9,14H. The van der Waals surface area contributed by atoms with Crippen molar-refractivity contribution < 1.29 is 9.66 Å². The first-order chi connectivity index (χ1) is 8.68. The molecule has 2 aromatic carbocycles. The number of rotatable bonds is 3. The van der Waals surface area contributed by atoms with Crippen LogP contribution in [-0.2, 0) is 0 Å². The third-order valence-corrected chi connectivity index (χ3v) is 2.31. The van der Waals surface area contributed by atoms with E-state index < -0.39 is 4.92 Å². The summed E-state index contributed by atoms with van der Waals surface area (Å²) in [7, 11) is 0. The van der Waals surface area contributed by atoms with Crippen LogP contribution in [-0.4, -0.2) is 10.8 Å². The van der Waals surface area contributed by atoms with Gasteiger partial charge in [0.2, 0.25) is 11.6 Å². The maximum atomic E-state index is 10.8. The van der Waals surface area contributed by atoms with E-state index in [1.807, 2.05) is 6.07 Å². The van der Waals surface area contributed by atoms with E-state index in [1.165, 1.54) is 12.1 Å². The Bertz CT molecular complexity index is 582. The highest BCUT2D eigenvalue weighted by molar-refractivity contribution is 5.93. The van der Waals surface area contributed by atoms with E-state index >= 15 is 0 Å². The van der Waals surface area contributed by atoms with Crippen LogP contribution in [0.2, 0.25) is 0 Å². The Kier molecular flexibility index (Phi) is 3.33. The third-order valence-electron chi connectivity index (χ3n) is 2.31. The van der Waals surface area contributed by atoms with Crippen LogP contribution in [0.1, 0.15) is 5.56 Å². The second-order valence-electron chi connectivity index (χ2n) is 3.52. The van der Waals surface area contributed by atoms with Crippen molar-refractivity contribution in [2.45, 2.75) is 0 Å². The van der Waals surface area contributed by atoms with Crippen molar-refractivity contribution >= 4 is 11.6 Å². The number of hydrogen-bond donors (Lipinski definition) is 1. The van der Waals surface area contributed by atoms with E-state index in [0.29, 0.717) is 5.56 Å². The molecule has 0 radical (unpaired) electrons. The van der Waals surface area contributed by atoms with Gasteiger partial charge in [-0.1, -0.05) is 30.3 Å². The smallest absolute Gasteiger partial charge is 0.311 e. The van der Waals surface area contributed by atoms with Gasteiger partial charge in [0.15, 0.2) is 0 Å². The molecule has 90 valence electrons. The van der Waals surface area contributed by atoms with Gasteiger partial charge in [-0.2, -0.15) is 0 Å². The van der Waals surface area contributed by atoms with Crippen LogP contribution >= 0.6 is 0 Å². The lowest BCUT2D eigenvalue weighted by atomic mass is 10.2. The van der Waals surface area contributed by atoms with Gasteiger partial charge in [0.25, 0.3) is 0 Å². The molecule has 0 heterocycles. The predicted molar refractivity (Wildman–Crippen MR) is 67.0 cm³/mol. The van der Waals surface area contributed by atoms with Crippen molar-refractivity contribution in [2.24, 2.45) is 0 Å². The van der Waals surface area contributed by atoms with Crippen LogP contribution in [0.5, 0.6) is 5.75 Å². The van der Waals surface area contributed by atoms with Gasteiger partial charge >= 0.3 is 5.69 Å². The van der Waals surface area contributed by atoms with Crippen LogP contribution in [0.25, 0.3) is 0 Å². The van der Waals surface area contributed by atoms with Crippen LogP contribution < -0.4 is 4.74 Å². The largest absolute Gasteiger partial charge is 0.432 e. The fourth-order valence-corrected chi connectivity index (χ4v) is 1.45. The molecule has 2 rings (SSSR count). The molecular weight excluding hydrogens is 232 g/mol. The number of hydrogen-bond acceptors (Lipinski definition) is 4. The van der Waals surface area contributed by atoms with Crippen LogP contribution in [0, 0.1) is 15.5 Å². The molecule has 0 amide bonds. The Morgan fingerprint density at radius 2 is 1.67 bits per heavy atom. The van der Waals surface area contributed by atoms with Crippen LogP contribution in [0.3, 0.4) is 0 Å². The molecule has 5 nitrogen and oxygen atoms in total. The van der Waals surface area contributed by atoms with Gasteiger partial charge in [0.05, 0.1) is 4.92 Å². The van der Waals surface area contributed by atoms with Gasteiger partial charge in [0.1, 0.15) is 0 Å². The van der Waals surface area contributed by atoms with E-state index in [2.05, 4.69) is 0 Å². The van der Waals surface area contributed by atoms with Gasteiger partial charge in [0, 0.05) is 11.6 Å². The lowest BCUT2D eigenvalue weighted by Gasteiger charge is -2.06. The summed E-state index contributed by atoms with van der Waals surface area (Å²) < 4.78 is 5.23. The van der Waals surface area contributed by atoms with Crippen molar-refractivity contribution in [3.8, 4) is 5.75 Å². The first kappa shape index (κ1) is 11.8. The van der Waals surface area contributed by atoms with Crippen molar-refractivity contribution in [3.05, 3.63) is 70.3 Å². The molecular formula is C13H10N2O3. The first-order valence-corrected chi connectivity index (χ1v) is 5.24. The molecule has 0 aliphatic heterocycles. The molecule has 0 saturated heterocycles. The number of benzene rings is 2. The Morgan fingerprint density at radius 1 is 1.06 bits per heavy atom. The molecule has 2 aromatic rings. The molecule has 0 unspecified atom stereocenters. The van der Waals surface area contributed by atoms with Gasteiger partial charge in [-0.25, -0.2) is 0 Å². The number of para-hydroxylation sites is 2. The van der Waals surface area contributed by atoms with Crippen molar-refractivity contribution in [2.75, 3.05) is 0 Å². The van der Waals surface area contributed by atoms with Crippen molar-refractivity contribution in [3.63, 3.8) is 0 Å². The Morgan fingerprint density at radius 3 is 2.33 bits per heavy atom. The molecule has 0 aromatic heterocycles. The van der Waals surface area contributed by atoms with E-state index in [-0.39, 0.29) is 17.3 Å². The normalized spacial score (nSPS) is 9.78. The lowest BCUT2D eigenvalue weighted by Crippen LogP contribution is -2.09. The van der Waals surface area contributed by atoms with Crippen LogP contribution in [0.4, 0.5) is 5.69 Å². The molecule has 5 heteroatoms. The second-order valence-corrected chi connectivity index (χ2v) is 3.52. The molecule has 0 bridgehead atoms. The molecule has 0 fully saturated rings. The maximum Gasteiger partial charge on any atom is 0.311 e. The zero-order chi connectivity index (χ0) is 13.0. The van der Waals surface area contributed by atoms with E-state index in [9.17, 15) is 10.1 Å². The van der Waals surface area contributed by atoms with Gasteiger partial charge in [-0.15, -0.1) is 0 Å². The van der Waals surface area contributed by atoms with Gasteiger partial charge in [-0.05, 0) is 18.2 Å². The molecule has 0 aliphatic carbocycles. The molecule has 18 heavy (non-hydrogen) atoms. The topological polar surface area (TPSA) is 76.2 Å². The van der Waals surface area contributed by atoms with Crippen molar-refractivity contribution in [1.29, 1.82) is 5.41 Å². The number of nitro benzene ring substituents is 1. The van der Waals surface area contributed by atoms with Gasteiger partial charge in [-0.3, -0.25) is 15.5 Å². The summed E-state index contributed by atoms with van der Waals surface area (Å²) in [5.74, 6) is -0.0544. The highest BCUT2D eigenvalue weighted by Gasteiger charge is 2.15. The summed E-state index contributed by atoms with van der Waals surface area (Å²) in [6.07, 6.45) is 0. The zero-order valence-corrected chi connectivity index (χ0v) is 9.37. The fraction of sp³-hybridized carbons (Fsp3) is 0. The van der Waals surface area contributed by atoms with E-state index in [4.69, 9.17) is 10.1 Å². The SMILES string of the molecule is N=C(Oc1ccccc1[N+](=O)[O-])c1ccccc1. The minimum atomic E-state index is -0.534. The molecule has 0 atom stereocenters. The third kappa shape index (κ3) is 2.52. The van der Waals surface area contributed by atoms with E-state index in [0.717, 1.165) is 0 Å². The summed E-state index contributed by atoms with van der Waals surface area (Å²) in [4.78, 5) is 10.3. The predicted octanol–water partition coefficient (Wildman–Crippen LogP) is 3.00. The average molecular weight is 242 g/mol. The first-order valence-electron chi connectivity index (χ1n) is 5.24. The fourth-order valence-electron chi connectivity index (χ4n) is 1.45. The Balaban J connectivity index is 2.25. The number of nitro groups is 1. The average Bonchev–Trinajstić information content (AvgIpc) is 2.40. The monoisotopic (exact) mass is 242 g/mol.